The van der Waals surface area contributed by atoms with Crippen LogP contribution < -0.4 is 10.6 Å². The van der Waals surface area contributed by atoms with E-state index < -0.39 is 5.95 Å². The van der Waals surface area contributed by atoms with Crippen molar-refractivity contribution in [1.29, 1.82) is 0 Å². The van der Waals surface area contributed by atoms with Crippen LogP contribution >= 0.6 is 0 Å². The van der Waals surface area contributed by atoms with E-state index in [-0.39, 0.29) is 6.10 Å². The fourth-order valence-electron chi connectivity index (χ4n) is 1.74. The Morgan fingerprint density at radius 2 is 2.47 bits per heavy atom. The van der Waals surface area contributed by atoms with Gasteiger partial charge in [-0.1, -0.05) is 0 Å². The number of rotatable bonds is 1. The number of hydrogen-bond acceptors (Lipinski definition) is 4. The molecule has 0 aromatic carbocycles. The van der Waals surface area contributed by atoms with Crippen molar-refractivity contribution in [3.8, 4) is 0 Å². The molecule has 15 heavy (non-hydrogen) atoms. The first-order chi connectivity index (χ1) is 7.16. The average Bonchev–Trinajstić information content (AvgIpc) is 2.22. The van der Waals surface area contributed by atoms with E-state index in [4.69, 9.17) is 10.5 Å². The summed E-state index contributed by atoms with van der Waals surface area (Å²) in [4.78, 5) is 5.53. The molecular weight excluding hydrogens is 197 g/mol. The van der Waals surface area contributed by atoms with E-state index in [1.165, 1.54) is 12.3 Å². The number of ether oxygens (including phenoxy) is 1. The molecule has 2 N–H and O–H groups in total. The van der Waals surface area contributed by atoms with Gasteiger partial charge in [0.1, 0.15) is 0 Å². The van der Waals surface area contributed by atoms with Gasteiger partial charge in [-0.3, -0.25) is 0 Å². The number of halogens is 1. The highest BCUT2D eigenvalue weighted by Gasteiger charge is 2.19. The minimum atomic E-state index is -0.502. The van der Waals surface area contributed by atoms with Crippen molar-refractivity contribution in [2.45, 2.75) is 13.0 Å². The maximum Gasteiger partial charge on any atom is 0.215 e. The van der Waals surface area contributed by atoms with Crippen molar-refractivity contribution in [2.75, 3.05) is 30.3 Å². The third kappa shape index (κ3) is 2.18. The van der Waals surface area contributed by atoms with Crippen molar-refractivity contribution in [2.24, 2.45) is 0 Å². The highest BCUT2D eigenvalue weighted by Crippen LogP contribution is 2.24. The Labute approximate surface area is 87.8 Å². The van der Waals surface area contributed by atoms with Gasteiger partial charge in [0.25, 0.3) is 0 Å². The number of anilines is 2. The summed E-state index contributed by atoms with van der Waals surface area (Å²) in [5, 5.41) is 0. The van der Waals surface area contributed by atoms with Crippen LogP contribution in [0.4, 0.5) is 15.8 Å². The van der Waals surface area contributed by atoms with Gasteiger partial charge in [-0.25, -0.2) is 4.98 Å². The summed E-state index contributed by atoms with van der Waals surface area (Å²) in [5.41, 5.74) is 6.97. The monoisotopic (exact) mass is 211 g/mol. The molecule has 5 heteroatoms. The van der Waals surface area contributed by atoms with Crippen LogP contribution in [0.2, 0.25) is 0 Å². The van der Waals surface area contributed by atoms with Crippen molar-refractivity contribution in [3.05, 3.63) is 18.2 Å². The summed E-state index contributed by atoms with van der Waals surface area (Å²) in [6.07, 6.45) is 1.50. The quantitative estimate of drug-likeness (QED) is 0.705. The zero-order valence-corrected chi connectivity index (χ0v) is 8.61. The lowest BCUT2D eigenvalue weighted by molar-refractivity contribution is 0.0532. The zero-order valence-electron chi connectivity index (χ0n) is 8.61. The molecule has 1 aliphatic rings. The summed E-state index contributed by atoms with van der Waals surface area (Å²) in [5.74, 6) is -0.502. The normalized spacial score (nSPS) is 21.7. The molecule has 2 heterocycles. The third-order valence-electron chi connectivity index (χ3n) is 2.46. The van der Waals surface area contributed by atoms with E-state index >= 15 is 0 Å². The molecule has 1 aliphatic heterocycles. The van der Waals surface area contributed by atoms with Crippen LogP contribution in [0.15, 0.2) is 12.3 Å². The van der Waals surface area contributed by atoms with Crippen LogP contribution in [-0.4, -0.2) is 30.8 Å². The first-order valence-corrected chi connectivity index (χ1v) is 4.94. The number of aromatic nitrogens is 1. The zero-order chi connectivity index (χ0) is 10.8. The number of hydrogen-bond donors (Lipinski definition) is 1. The molecule has 0 radical (unpaired) electrons. The van der Waals surface area contributed by atoms with Crippen molar-refractivity contribution in [3.63, 3.8) is 0 Å². The fourth-order valence-corrected chi connectivity index (χ4v) is 1.74. The van der Waals surface area contributed by atoms with Crippen molar-refractivity contribution < 1.29 is 9.13 Å². The van der Waals surface area contributed by atoms with Crippen molar-refractivity contribution >= 4 is 11.4 Å². The summed E-state index contributed by atoms with van der Waals surface area (Å²) in [7, 11) is 0. The maximum atomic E-state index is 13.0. The SMILES string of the molecule is C[C@H]1CN(c2cc(F)ncc2N)CCO1. The van der Waals surface area contributed by atoms with Crippen LogP contribution in [0, 0.1) is 5.95 Å². The lowest BCUT2D eigenvalue weighted by Crippen LogP contribution is -2.41. The number of pyridine rings is 1. The Hall–Kier alpha value is -1.36. The second-order valence-electron chi connectivity index (χ2n) is 3.69. The van der Waals surface area contributed by atoms with Crippen LogP contribution in [0.1, 0.15) is 6.92 Å². The molecular formula is C10H14FN3O. The Kier molecular flexibility index (Phi) is 2.73. The van der Waals surface area contributed by atoms with E-state index in [9.17, 15) is 4.39 Å². The smallest absolute Gasteiger partial charge is 0.215 e. The van der Waals surface area contributed by atoms with Gasteiger partial charge in [0.2, 0.25) is 5.95 Å². The molecule has 1 aromatic heterocycles. The molecule has 0 saturated carbocycles. The lowest BCUT2D eigenvalue weighted by Gasteiger charge is -2.33. The minimum absolute atomic E-state index is 0.148. The molecule has 2 rings (SSSR count). The van der Waals surface area contributed by atoms with Gasteiger partial charge in [-0.2, -0.15) is 4.39 Å². The van der Waals surface area contributed by atoms with Gasteiger partial charge in [0.15, 0.2) is 0 Å². The summed E-state index contributed by atoms with van der Waals surface area (Å²) in [6.45, 7) is 4.09. The third-order valence-corrected chi connectivity index (χ3v) is 2.46. The maximum absolute atomic E-state index is 13.0. The molecule has 1 aromatic rings. The van der Waals surface area contributed by atoms with E-state index in [2.05, 4.69) is 4.98 Å². The molecule has 1 saturated heterocycles. The first kappa shape index (κ1) is 10.2. The number of morpholine rings is 1. The highest BCUT2D eigenvalue weighted by atomic mass is 19.1. The molecule has 0 unspecified atom stereocenters. The molecule has 0 aliphatic carbocycles. The van der Waals surface area contributed by atoms with E-state index in [0.717, 1.165) is 13.1 Å². The molecule has 82 valence electrons. The Bertz CT molecular complexity index is 359. The number of nitrogens with zero attached hydrogens (tertiary/aromatic N) is 2. The standard InChI is InChI=1S/C10H14FN3O/c1-7-6-14(2-3-15-7)9-4-10(11)13-5-8(9)12/h4-5,7H,2-3,6,12H2,1H3/t7-/m0/s1. The lowest BCUT2D eigenvalue weighted by atomic mass is 10.2. The Balaban J connectivity index is 2.24. The fraction of sp³-hybridized carbons (Fsp3) is 0.500. The molecule has 1 fully saturated rings. The average molecular weight is 211 g/mol. The number of nitrogens with two attached hydrogens (primary N) is 1. The van der Waals surface area contributed by atoms with E-state index in [1.807, 2.05) is 11.8 Å². The largest absolute Gasteiger partial charge is 0.396 e. The van der Waals surface area contributed by atoms with Crippen LogP contribution in [0.3, 0.4) is 0 Å². The Morgan fingerprint density at radius 1 is 1.67 bits per heavy atom. The summed E-state index contributed by atoms with van der Waals surface area (Å²) >= 11 is 0. The Morgan fingerprint density at radius 3 is 3.20 bits per heavy atom. The second-order valence-corrected chi connectivity index (χ2v) is 3.69. The van der Waals surface area contributed by atoms with Gasteiger partial charge in [0.05, 0.1) is 30.3 Å². The predicted molar refractivity (Wildman–Crippen MR) is 56.2 cm³/mol. The molecule has 4 nitrogen and oxygen atoms in total. The van der Waals surface area contributed by atoms with Gasteiger partial charge in [-0.15, -0.1) is 0 Å². The van der Waals surface area contributed by atoms with Gasteiger partial charge < -0.3 is 15.4 Å². The highest BCUT2D eigenvalue weighted by molar-refractivity contribution is 5.66. The molecule has 1 atom stereocenters. The summed E-state index contributed by atoms with van der Waals surface area (Å²) < 4.78 is 18.4. The minimum Gasteiger partial charge on any atom is -0.396 e. The van der Waals surface area contributed by atoms with Crippen LogP contribution in [0.25, 0.3) is 0 Å². The second kappa shape index (κ2) is 4.02. The predicted octanol–water partition coefficient (Wildman–Crippen LogP) is 1.03. The molecule has 0 bridgehead atoms. The molecule has 0 spiro atoms. The summed E-state index contributed by atoms with van der Waals surface area (Å²) in [6, 6.07) is 1.37. The van der Waals surface area contributed by atoms with Gasteiger partial charge in [0, 0.05) is 19.2 Å². The topological polar surface area (TPSA) is 51.4 Å². The number of nitrogen functional groups attached to an aromatic ring is 1. The van der Waals surface area contributed by atoms with E-state index in [1.54, 1.807) is 0 Å². The van der Waals surface area contributed by atoms with Gasteiger partial charge in [-0.05, 0) is 6.92 Å². The molecule has 0 amide bonds. The first-order valence-electron chi connectivity index (χ1n) is 4.94. The van der Waals surface area contributed by atoms with E-state index in [0.29, 0.717) is 18.0 Å². The van der Waals surface area contributed by atoms with Crippen LogP contribution in [-0.2, 0) is 4.74 Å². The van der Waals surface area contributed by atoms with Crippen molar-refractivity contribution in [1.82, 2.24) is 4.98 Å². The van der Waals surface area contributed by atoms with Gasteiger partial charge >= 0.3 is 0 Å². The van der Waals surface area contributed by atoms with Crippen LogP contribution in [0.5, 0.6) is 0 Å².